The summed E-state index contributed by atoms with van der Waals surface area (Å²) in [5.74, 6) is -0.762. The summed E-state index contributed by atoms with van der Waals surface area (Å²) in [6, 6.07) is 16.0. The van der Waals surface area contributed by atoms with Crippen molar-refractivity contribution in [2.24, 2.45) is 0 Å². The molecule has 0 aliphatic carbocycles. The lowest BCUT2D eigenvalue weighted by molar-refractivity contribution is -0.117. The van der Waals surface area contributed by atoms with E-state index in [-0.39, 0.29) is 18.1 Å². The van der Waals surface area contributed by atoms with Crippen molar-refractivity contribution in [1.29, 1.82) is 0 Å². The minimum absolute atomic E-state index is 0.157. The maximum atomic E-state index is 12.8. The number of aryl methyl sites for hydroxylation is 1. The van der Waals surface area contributed by atoms with E-state index in [9.17, 15) is 9.59 Å². The topological polar surface area (TPSA) is 58.2 Å². The molecule has 0 aliphatic rings. The Hall–Kier alpha value is -2.60. The molecule has 0 bridgehead atoms. The first kappa shape index (κ1) is 21.1. The van der Waals surface area contributed by atoms with E-state index < -0.39 is 5.91 Å². The maximum absolute atomic E-state index is 12.8. The van der Waals surface area contributed by atoms with Gasteiger partial charge in [0.15, 0.2) is 0 Å². The van der Waals surface area contributed by atoms with Crippen LogP contribution in [0, 0.1) is 6.92 Å². The lowest BCUT2D eigenvalue weighted by Crippen LogP contribution is -2.34. The van der Waals surface area contributed by atoms with Gasteiger partial charge < -0.3 is 10.6 Å². The van der Waals surface area contributed by atoms with E-state index in [0.717, 1.165) is 16.0 Å². The second kappa shape index (κ2) is 9.74. The second-order valence-corrected chi connectivity index (χ2v) is 8.14. The molecule has 1 aromatic heterocycles. The lowest BCUT2D eigenvalue weighted by Gasteiger charge is -2.12. The highest BCUT2D eigenvalue weighted by atomic mass is 35.5. The van der Waals surface area contributed by atoms with Gasteiger partial charge in [0.1, 0.15) is 5.70 Å². The summed E-state index contributed by atoms with van der Waals surface area (Å²) in [5.41, 5.74) is 2.33. The van der Waals surface area contributed by atoms with Gasteiger partial charge in [0, 0.05) is 27.0 Å². The first-order chi connectivity index (χ1) is 13.9. The third-order valence-corrected chi connectivity index (χ3v) is 5.46. The average Bonchev–Trinajstić information content (AvgIpc) is 3.19. The monoisotopic (exact) mass is 444 g/mol. The van der Waals surface area contributed by atoms with Crippen LogP contribution in [0.4, 0.5) is 0 Å². The van der Waals surface area contributed by atoms with Crippen LogP contribution in [0.2, 0.25) is 10.0 Å². The largest absolute Gasteiger partial charge is 0.347 e. The third kappa shape index (κ3) is 5.94. The van der Waals surface area contributed by atoms with Crippen molar-refractivity contribution in [3.05, 3.63) is 97.3 Å². The molecule has 4 nitrogen and oxygen atoms in total. The normalized spacial score (nSPS) is 11.2. The van der Waals surface area contributed by atoms with Gasteiger partial charge in [-0.05, 0) is 54.3 Å². The van der Waals surface area contributed by atoms with Gasteiger partial charge in [-0.15, -0.1) is 11.3 Å². The van der Waals surface area contributed by atoms with Gasteiger partial charge in [-0.2, -0.15) is 0 Å². The van der Waals surface area contributed by atoms with Gasteiger partial charge in [-0.3, -0.25) is 9.59 Å². The van der Waals surface area contributed by atoms with Crippen LogP contribution >= 0.6 is 34.5 Å². The second-order valence-electron chi connectivity index (χ2n) is 6.32. The number of hydrogen-bond donors (Lipinski definition) is 2. The van der Waals surface area contributed by atoms with E-state index in [0.29, 0.717) is 15.6 Å². The van der Waals surface area contributed by atoms with Crippen LogP contribution in [-0.2, 0) is 11.3 Å². The Morgan fingerprint density at radius 3 is 2.59 bits per heavy atom. The molecule has 2 amide bonds. The molecular formula is C22H18Cl2N2O2S. The summed E-state index contributed by atoms with van der Waals surface area (Å²) in [6.07, 6.45) is 1.65. The van der Waals surface area contributed by atoms with Crippen molar-refractivity contribution in [3.63, 3.8) is 0 Å². The summed E-state index contributed by atoms with van der Waals surface area (Å²) in [7, 11) is 0. The molecule has 0 saturated heterocycles. The van der Waals surface area contributed by atoms with Crippen LogP contribution in [-0.4, -0.2) is 11.8 Å². The van der Waals surface area contributed by atoms with Crippen LogP contribution in [0.15, 0.2) is 65.7 Å². The predicted octanol–water partition coefficient (Wildman–Crippen LogP) is 5.45. The fourth-order valence-corrected chi connectivity index (χ4v) is 3.72. The van der Waals surface area contributed by atoms with Gasteiger partial charge in [0.25, 0.3) is 11.8 Å². The number of carbonyl (C=O) groups is 2. The Labute approximate surface area is 183 Å². The standard InChI is InChI=1S/C22H18Cl2N2O2S/c1-14-4-2-5-15(10-14)21(27)26-20(12-18-6-3-9-29-18)22(28)25-13-16-7-8-17(23)11-19(16)24/h2-12H,13H2,1H3,(H,25,28)(H,26,27)/b20-12-. The van der Waals surface area contributed by atoms with Crippen molar-refractivity contribution in [1.82, 2.24) is 10.6 Å². The zero-order valence-electron chi connectivity index (χ0n) is 15.5. The van der Waals surface area contributed by atoms with Crippen LogP contribution in [0.25, 0.3) is 6.08 Å². The summed E-state index contributed by atoms with van der Waals surface area (Å²) >= 11 is 13.5. The maximum Gasteiger partial charge on any atom is 0.268 e. The zero-order chi connectivity index (χ0) is 20.8. The highest BCUT2D eigenvalue weighted by Crippen LogP contribution is 2.21. The van der Waals surface area contributed by atoms with E-state index >= 15 is 0 Å². The highest BCUT2D eigenvalue weighted by molar-refractivity contribution is 7.10. The zero-order valence-corrected chi connectivity index (χ0v) is 17.9. The van der Waals surface area contributed by atoms with Gasteiger partial charge in [0.05, 0.1) is 0 Å². The smallest absolute Gasteiger partial charge is 0.268 e. The number of carbonyl (C=O) groups excluding carboxylic acids is 2. The van der Waals surface area contributed by atoms with E-state index in [1.807, 2.05) is 30.5 Å². The molecule has 1 heterocycles. The Kier molecular flexibility index (Phi) is 7.09. The van der Waals surface area contributed by atoms with Crippen LogP contribution in [0.3, 0.4) is 0 Å². The molecule has 0 saturated carbocycles. The highest BCUT2D eigenvalue weighted by Gasteiger charge is 2.15. The van der Waals surface area contributed by atoms with E-state index in [4.69, 9.17) is 23.2 Å². The molecule has 29 heavy (non-hydrogen) atoms. The molecule has 2 N–H and O–H groups in total. The molecule has 3 aromatic rings. The number of amides is 2. The average molecular weight is 445 g/mol. The van der Waals surface area contributed by atoms with Crippen LogP contribution < -0.4 is 10.6 Å². The molecule has 0 atom stereocenters. The number of nitrogens with one attached hydrogen (secondary N) is 2. The van der Waals surface area contributed by atoms with E-state index in [1.54, 1.807) is 42.5 Å². The molecule has 2 aromatic carbocycles. The minimum Gasteiger partial charge on any atom is -0.347 e. The van der Waals surface area contributed by atoms with Crippen LogP contribution in [0.1, 0.15) is 26.4 Å². The molecule has 0 radical (unpaired) electrons. The minimum atomic E-state index is -0.412. The molecule has 0 spiro atoms. The quantitative estimate of drug-likeness (QED) is 0.496. The van der Waals surface area contributed by atoms with Crippen LogP contribution in [0.5, 0.6) is 0 Å². The van der Waals surface area contributed by atoms with Gasteiger partial charge >= 0.3 is 0 Å². The SMILES string of the molecule is Cc1cccc(C(=O)N/C(=C\c2cccs2)C(=O)NCc2ccc(Cl)cc2Cl)c1. The Bertz CT molecular complexity index is 1060. The Morgan fingerprint density at radius 1 is 1.07 bits per heavy atom. The van der Waals surface area contributed by atoms with E-state index in [1.165, 1.54) is 11.3 Å². The summed E-state index contributed by atoms with van der Waals surface area (Å²) < 4.78 is 0. The molecule has 0 fully saturated rings. The molecule has 0 unspecified atom stereocenters. The Morgan fingerprint density at radius 2 is 1.90 bits per heavy atom. The molecular weight excluding hydrogens is 427 g/mol. The number of benzene rings is 2. The van der Waals surface area contributed by atoms with E-state index in [2.05, 4.69) is 10.6 Å². The number of hydrogen-bond acceptors (Lipinski definition) is 3. The van der Waals surface area contributed by atoms with Crippen molar-refractivity contribution in [2.45, 2.75) is 13.5 Å². The van der Waals surface area contributed by atoms with Crippen molar-refractivity contribution in [3.8, 4) is 0 Å². The van der Waals surface area contributed by atoms with Gasteiger partial charge in [0.2, 0.25) is 0 Å². The van der Waals surface area contributed by atoms with Gasteiger partial charge in [-0.1, -0.05) is 53.0 Å². The van der Waals surface area contributed by atoms with Crippen molar-refractivity contribution >= 4 is 52.4 Å². The molecule has 3 rings (SSSR count). The van der Waals surface area contributed by atoms with Crippen molar-refractivity contribution < 1.29 is 9.59 Å². The number of rotatable bonds is 6. The van der Waals surface area contributed by atoms with Crippen molar-refractivity contribution in [2.75, 3.05) is 0 Å². The summed E-state index contributed by atoms with van der Waals surface area (Å²) in [5, 5.41) is 8.40. The fraction of sp³-hybridized carbons (Fsp3) is 0.0909. The van der Waals surface area contributed by atoms with Gasteiger partial charge in [-0.25, -0.2) is 0 Å². The summed E-state index contributed by atoms with van der Waals surface area (Å²) in [4.78, 5) is 26.3. The number of halogens is 2. The molecule has 7 heteroatoms. The first-order valence-corrected chi connectivity index (χ1v) is 10.4. The fourth-order valence-electron chi connectivity index (χ4n) is 2.59. The molecule has 148 valence electrons. The third-order valence-electron chi connectivity index (χ3n) is 4.06. The summed E-state index contributed by atoms with van der Waals surface area (Å²) in [6.45, 7) is 2.11. The Balaban J connectivity index is 1.78. The first-order valence-electron chi connectivity index (χ1n) is 8.78. The number of thiophene rings is 1. The lowest BCUT2D eigenvalue weighted by atomic mass is 10.1. The predicted molar refractivity (Wildman–Crippen MR) is 119 cm³/mol. The molecule has 0 aliphatic heterocycles.